The predicted octanol–water partition coefficient (Wildman–Crippen LogP) is 4.94. The van der Waals surface area contributed by atoms with Gasteiger partial charge < -0.3 is 10.0 Å². The van der Waals surface area contributed by atoms with Crippen LogP contribution < -0.4 is 14.8 Å². The molecule has 0 unspecified atom stereocenters. The summed E-state index contributed by atoms with van der Waals surface area (Å²) in [5.74, 6) is -2.74. The van der Waals surface area contributed by atoms with Crippen LogP contribution in [0.25, 0.3) is 0 Å². The summed E-state index contributed by atoms with van der Waals surface area (Å²) < 4.78 is 100. The van der Waals surface area contributed by atoms with Gasteiger partial charge in [0.25, 0.3) is 15.9 Å². The van der Waals surface area contributed by atoms with Crippen LogP contribution in [0.15, 0.2) is 71.6 Å². The molecule has 0 saturated carbocycles. The van der Waals surface area contributed by atoms with Crippen molar-refractivity contribution < 1.29 is 35.2 Å². The Labute approximate surface area is 207 Å². The molecule has 36 heavy (non-hydrogen) atoms. The highest BCUT2D eigenvalue weighted by Crippen LogP contribution is 2.36. The van der Waals surface area contributed by atoms with Crippen LogP contribution in [0.1, 0.15) is 34.5 Å². The molecule has 0 spiro atoms. The number of amides is 1. The minimum atomic E-state index is -4.82. The molecular weight excluding hydrogens is 527 g/mol. The number of fused-ring (bicyclic) bond motifs is 1. The van der Waals surface area contributed by atoms with Crippen molar-refractivity contribution in [3.63, 3.8) is 0 Å². The quantitative estimate of drug-likeness (QED) is 0.353. The molecule has 0 aromatic heterocycles. The molecule has 2 heterocycles. The lowest BCUT2D eigenvalue weighted by atomic mass is 10.1. The van der Waals surface area contributed by atoms with E-state index in [2.05, 4.69) is 14.8 Å². The Morgan fingerprint density at radius 2 is 1.89 bits per heavy atom. The molecule has 0 radical (unpaired) electrons. The van der Waals surface area contributed by atoms with E-state index in [-0.39, 0.29) is 16.2 Å². The van der Waals surface area contributed by atoms with Gasteiger partial charge in [-0.05, 0) is 43.3 Å². The van der Waals surface area contributed by atoms with Crippen molar-refractivity contribution in [2.75, 3.05) is 4.72 Å². The third-order valence-corrected chi connectivity index (χ3v) is 7.36. The van der Waals surface area contributed by atoms with Gasteiger partial charge in [0, 0.05) is 24.0 Å². The zero-order chi connectivity index (χ0) is 26.3. The number of anilines is 1. The van der Waals surface area contributed by atoms with Crippen LogP contribution in [0.4, 0.5) is 27.6 Å². The van der Waals surface area contributed by atoms with Crippen LogP contribution in [-0.4, -0.2) is 18.6 Å². The first-order chi connectivity index (χ1) is 16.9. The number of carbonyl (C=O) groups is 1. The van der Waals surface area contributed by atoms with Gasteiger partial charge in [-0.2, -0.15) is 13.2 Å². The lowest BCUT2D eigenvalue weighted by Gasteiger charge is -2.22. The Morgan fingerprint density at radius 3 is 2.58 bits per heavy atom. The van der Waals surface area contributed by atoms with Gasteiger partial charge in [-0.25, -0.2) is 17.2 Å². The fourth-order valence-electron chi connectivity index (χ4n) is 3.47. The van der Waals surface area contributed by atoms with E-state index in [1.807, 2.05) is 0 Å². The summed E-state index contributed by atoms with van der Waals surface area (Å²) in [7, 11) is -4.45. The number of hydrogen-bond acceptors (Lipinski definition) is 6. The Hall–Kier alpha value is -3.52. The van der Waals surface area contributed by atoms with Crippen LogP contribution in [0, 0.1) is 11.6 Å². The maximum Gasteiger partial charge on any atom is 0.416 e. The highest BCUT2D eigenvalue weighted by molar-refractivity contribution is 7.97. The molecule has 0 bridgehead atoms. The van der Waals surface area contributed by atoms with Crippen molar-refractivity contribution in [1.29, 1.82) is 0 Å². The van der Waals surface area contributed by atoms with Crippen molar-refractivity contribution in [2.45, 2.75) is 19.1 Å². The first-order valence-corrected chi connectivity index (χ1v) is 12.4. The molecule has 7 nitrogen and oxygen atoms in total. The molecule has 2 aromatic carbocycles. The molecule has 2 aliphatic heterocycles. The van der Waals surface area contributed by atoms with Crippen LogP contribution in [-0.2, 0) is 16.2 Å². The first-order valence-electron chi connectivity index (χ1n) is 10.2. The number of rotatable bonds is 6. The van der Waals surface area contributed by atoms with E-state index in [0.29, 0.717) is 18.2 Å². The zero-order valence-corrected chi connectivity index (χ0v) is 19.9. The fourth-order valence-corrected chi connectivity index (χ4v) is 5.45. The standard InChI is InChI=1S/C22H17F5N4O3S2/c1-12(15-7-5-14(23)10-17(15)24)29-21(32)16-6-4-13(22(25,26)27)9-18(16)30-36(33,34)20-3-2-8-31-19(20)11-28-35-31/h2-12,28,30H,1H3,(H,29,32)/t12-/m1/s1. The fraction of sp³-hybridized carbons (Fsp3) is 0.136. The van der Waals surface area contributed by atoms with Crippen LogP contribution in [0.3, 0.4) is 0 Å². The van der Waals surface area contributed by atoms with Gasteiger partial charge >= 0.3 is 6.18 Å². The number of hydrogen-bond donors (Lipinski definition) is 3. The number of benzene rings is 2. The van der Waals surface area contributed by atoms with Crippen molar-refractivity contribution >= 4 is 33.8 Å². The maximum absolute atomic E-state index is 14.1. The van der Waals surface area contributed by atoms with E-state index < -0.39 is 56.6 Å². The third-order valence-electron chi connectivity index (χ3n) is 5.21. The molecule has 0 aliphatic carbocycles. The number of allylic oxidation sites excluding steroid dienone is 2. The lowest BCUT2D eigenvalue weighted by molar-refractivity contribution is -0.137. The van der Waals surface area contributed by atoms with Crippen LogP contribution in [0.5, 0.6) is 0 Å². The highest BCUT2D eigenvalue weighted by atomic mass is 32.2. The molecule has 190 valence electrons. The molecule has 14 heteroatoms. The number of nitrogens with one attached hydrogen (secondary N) is 3. The molecule has 1 amide bonds. The average Bonchev–Trinajstić information content (AvgIpc) is 3.26. The summed E-state index contributed by atoms with van der Waals surface area (Å²) in [4.78, 5) is 12.7. The van der Waals surface area contributed by atoms with Crippen molar-refractivity contribution in [1.82, 2.24) is 14.3 Å². The van der Waals surface area contributed by atoms with E-state index in [0.717, 1.165) is 30.3 Å². The maximum atomic E-state index is 14.1. The van der Waals surface area contributed by atoms with Crippen molar-refractivity contribution in [2.24, 2.45) is 0 Å². The number of halogens is 5. The van der Waals surface area contributed by atoms with Gasteiger partial charge in [0.2, 0.25) is 0 Å². The molecule has 0 saturated heterocycles. The average molecular weight is 545 g/mol. The molecular formula is C22H17F5N4O3S2. The minimum Gasteiger partial charge on any atom is -0.345 e. The summed E-state index contributed by atoms with van der Waals surface area (Å²) in [5.41, 5.74) is -2.09. The molecule has 1 atom stereocenters. The van der Waals surface area contributed by atoms with E-state index >= 15 is 0 Å². The van der Waals surface area contributed by atoms with Gasteiger partial charge in [-0.15, -0.1) is 0 Å². The molecule has 0 fully saturated rings. The number of nitrogens with zero attached hydrogens (tertiary/aromatic N) is 1. The second-order valence-corrected chi connectivity index (χ2v) is 10.1. The summed E-state index contributed by atoms with van der Waals surface area (Å²) in [6.45, 7) is 1.38. The second-order valence-electron chi connectivity index (χ2n) is 7.66. The summed E-state index contributed by atoms with van der Waals surface area (Å²) >= 11 is 1.08. The summed E-state index contributed by atoms with van der Waals surface area (Å²) in [5, 5.41) is 2.40. The topological polar surface area (TPSA) is 90.5 Å². The van der Waals surface area contributed by atoms with Gasteiger partial charge in [-0.1, -0.05) is 6.07 Å². The van der Waals surface area contributed by atoms with E-state index in [1.54, 1.807) is 6.20 Å². The predicted molar refractivity (Wildman–Crippen MR) is 124 cm³/mol. The summed E-state index contributed by atoms with van der Waals surface area (Å²) in [6, 6.07) is 3.65. The van der Waals surface area contributed by atoms with E-state index in [4.69, 9.17) is 0 Å². The number of alkyl halides is 3. The smallest absolute Gasteiger partial charge is 0.345 e. The highest BCUT2D eigenvalue weighted by Gasteiger charge is 2.34. The Balaban J connectivity index is 1.68. The summed E-state index contributed by atoms with van der Waals surface area (Å²) in [6.07, 6.45) is 0.847. The van der Waals surface area contributed by atoms with E-state index in [9.17, 15) is 35.2 Å². The number of sulfonamides is 1. The minimum absolute atomic E-state index is 0.0730. The van der Waals surface area contributed by atoms with Crippen molar-refractivity contribution in [3.8, 4) is 0 Å². The number of carbonyl (C=O) groups excluding carboxylic acids is 1. The lowest BCUT2D eigenvalue weighted by Crippen LogP contribution is -2.29. The SMILES string of the molecule is C[C@@H](NC(=O)c1ccc(C(F)(F)F)cc1NS(=O)(=O)C1=CC=CN2SNC=C12)c1ccc(F)cc1F. The third kappa shape index (κ3) is 5.18. The monoisotopic (exact) mass is 544 g/mol. The van der Waals surface area contributed by atoms with Gasteiger partial charge in [0.05, 0.1) is 40.7 Å². The first kappa shape index (κ1) is 25.6. The van der Waals surface area contributed by atoms with Gasteiger partial charge in [-0.3, -0.25) is 13.8 Å². The van der Waals surface area contributed by atoms with Gasteiger partial charge in [0.15, 0.2) is 0 Å². The molecule has 2 aromatic rings. The largest absolute Gasteiger partial charge is 0.416 e. The Kier molecular flexibility index (Phi) is 6.75. The van der Waals surface area contributed by atoms with Crippen LogP contribution in [0.2, 0.25) is 0 Å². The normalized spacial score (nSPS) is 16.0. The molecule has 3 N–H and O–H groups in total. The second kappa shape index (κ2) is 9.50. The Bertz CT molecular complexity index is 1420. The molecule has 2 aliphatic rings. The van der Waals surface area contributed by atoms with E-state index in [1.165, 1.54) is 29.6 Å². The molecule has 4 rings (SSSR count). The Morgan fingerprint density at radius 1 is 1.14 bits per heavy atom. The van der Waals surface area contributed by atoms with Crippen molar-refractivity contribution in [3.05, 3.63) is 99.9 Å². The van der Waals surface area contributed by atoms with Gasteiger partial charge in [0.1, 0.15) is 16.5 Å². The van der Waals surface area contributed by atoms with Crippen LogP contribution >= 0.6 is 12.1 Å². The zero-order valence-electron chi connectivity index (χ0n) is 18.2.